The third-order valence-electron chi connectivity index (χ3n) is 8.82. The van der Waals surface area contributed by atoms with Gasteiger partial charge in [0.25, 0.3) is 5.91 Å². The maximum atomic E-state index is 14.4. The van der Waals surface area contributed by atoms with E-state index in [1.165, 1.54) is 16.0 Å². The summed E-state index contributed by atoms with van der Waals surface area (Å²) < 4.78 is 0. The number of para-hydroxylation sites is 1. The molecule has 0 bridgehead atoms. The highest BCUT2D eigenvalue weighted by molar-refractivity contribution is 7.98. The molecule has 1 saturated carbocycles. The van der Waals surface area contributed by atoms with Gasteiger partial charge >= 0.3 is 0 Å². The van der Waals surface area contributed by atoms with Gasteiger partial charge in [-0.2, -0.15) is 0 Å². The van der Waals surface area contributed by atoms with Crippen LogP contribution in [0.25, 0.3) is 0 Å². The minimum Gasteiger partial charge on any atom is -0.378 e. The molecule has 3 aromatic carbocycles. The van der Waals surface area contributed by atoms with Crippen LogP contribution in [0.5, 0.6) is 0 Å². The van der Waals surface area contributed by atoms with Crippen LogP contribution in [0.15, 0.2) is 83.8 Å². The number of fused-ring (bicyclic) bond motifs is 1. The van der Waals surface area contributed by atoms with Gasteiger partial charge in [-0.1, -0.05) is 68.3 Å². The fourth-order valence-corrected chi connectivity index (χ4v) is 6.98. The van der Waals surface area contributed by atoms with Crippen molar-refractivity contribution >= 4 is 29.3 Å². The number of anilines is 1. The van der Waals surface area contributed by atoms with E-state index in [4.69, 9.17) is 0 Å². The summed E-state index contributed by atoms with van der Waals surface area (Å²) in [6.07, 6.45) is 6.59. The van der Waals surface area contributed by atoms with Crippen molar-refractivity contribution in [2.45, 2.75) is 69.0 Å². The second kappa shape index (κ2) is 12.9. The molecule has 0 aromatic heterocycles. The second-order valence-electron chi connectivity index (χ2n) is 11.1. The Bertz CT molecular complexity index is 1300. The van der Waals surface area contributed by atoms with Gasteiger partial charge in [-0.05, 0) is 73.9 Å². The average molecular weight is 556 g/mol. The number of rotatable bonds is 7. The molecule has 3 aromatic rings. The standard InChI is InChI=1S/C34H41N3O2S/c1-4-37(34(39)28-15-9-11-17-30(28)36-33(38)25-12-6-5-7-13-25)31-22-26-14-8-10-16-29(26)35-32(23(31)2)24-18-20-27(40-3)21-19-24/h5-8,10,12-14,16,18-21,23,28,30-32,35H,4,9,11,15,17,22H2,1-3H3,(H,36,38)/t23?,28-,30+,31?,32?/m0/s1. The van der Waals surface area contributed by atoms with Crippen molar-refractivity contribution in [3.8, 4) is 0 Å². The Morgan fingerprint density at radius 3 is 2.38 bits per heavy atom. The van der Waals surface area contributed by atoms with Gasteiger partial charge in [0.2, 0.25) is 5.91 Å². The molecule has 3 unspecified atom stereocenters. The van der Waals surface area contributed by atoms with Crippen molar-refractivity contribution < 1.29 is 9.59 Å². The van der Waals surface area contributed by atoms with Crippen LogP contribution in [0.1, 0.15) is 67.1 Å². The molecule has 1 aliphatic heterocycles. The molecule has 0 saturated heterocycles. The number of amides is 2. The van der Waals surface area contributed by atoms with Gasteiger partial charge in [0.15, 0.2) is 0 Å². The van der Waals surface area contributed by atoms with E-state index in [0.717, 1.165) is 37.8 Å². The van der Waals surface area contributed by atoms with Crippen LogP contribution < -0.4 is 10.6 Å². The van der Waals surface area contributed by atoms with Crippen LogP contribution in [-0.2, 0) is 11.2 Å². The summed E-state index contributed by atoms with van der Waals surface area (Å²) in [4.78, 5) is 30.8. The van der Waals surface area contributed by atoms with Crippen molar-refractivity contribution in [1.82, 2.24) is 10.2 Å². The number of likely N-dealkylation sites (N-methyl/N-ethyl adjacent to an activating group) is 1. The van der Waals surface area contributed by atoms with Gasteiger partial charge in [-0.25, -0.2) is 0 Å². The largest absolute Gasteiger partial charge is 0.378 e. The van der Waals surface area contributed by atoms with E-state index in [9.17, 15) is 9.59 Å². The first-order valence-electron chi connectivity index (χ1n) is 14.6. The van der Waals surface area contributed by atoms with Crippen molar-refractivity contribution in [2.24, 2.45) is 11.8 Å². The number of carbonyl (C=O) groups is 2. The molecule has 1 heterocycles. The maximum absolute atomic E-state index is 14.4. The first-order valence-corrected chi connectivity index (χ1v) is 15.9. The van der Waals surface area contributed by atoms with E-state index < -0.39 is 0 Å². The monoisotopic (exact) mass is 555 g/mol. The first-order chi connectivity index (χ1) is 19.5. The smallest absolute Gasteiger partial charge is 0.251 e. The molecule has 6 heteroatoms. The number of nitrogens with zero attached hydrogens (tertiary/aromatic N) is 1. The molecule has 5 atom stereocenters. The third-order valence-corrected chi connectivity index (χ3v) is 9.57. The van der Waals surface area contributed by atoms with E-state index in [-0.39, 0.29) is 41.8 Å². The molecule has 5 rings (SSSR count). The van der Waals surface area contributed by atoms with Gasteiger partial charge < -0.3 is 15.5 Å². The summed E-state index contributed by atoms with van der Waals surface area (Å²) >= 11 is 1.75. The first kappa shape index (κ1) is 28.3. The zero-order valence-corrected chi connectivity index (χ0v) is 24.6. The number of carbonyl (C=O) groups excluding carboxylic acids is 2. The zero-order valence-electron chi connectivity index (χ0n) is 23.8. The molecule has 5 nitrogen and oxygen atoms in total. The van der Waals surface area contributed by atoms with Crippen LogP contribution >= 0.6 is 11.8 Å². The summed E-state index contributed by atoms with van der Waals surface area (Å²) in [5, 5.41) is 7.07. The normalized spacial score (nSPS) is 24.2. The van der Waals surface area contributed by atoms with Gasteiger partial charge in [0, 0.05) is 40.7 Å². The average Bonchev–Trinajstić information content (AvgIpc) is 3.14. The van der Waals surface area contributed by atoms with E-state index in [1.807, 2.05) is 30.3 Å². The van der Waals surface area contributed by atoms with Crippen LogP contribution in [0.2, 0.25) is 0 Å². The topological polar surface area (TPSA) is 61.4 Å². The summed E-state index contributed by atoms with van der Waals surface area (Å²) in [5.41, 5.74) is 4.26. The van der Waals surface area contributed by atoms with Crippen molar-refractivity contribution in [2.75, 3.05) is 18.1 Å². The maximum Gasteiger partial charge on any atom is 0.251 e. The predicted octanol–water partition coefficient (Wildman–Crippen LogP) is 6.96. The minimum absolute atomic E-state index is 0.0336. The van der Waals surface area contributed by atoms with Crippen LogP contribution in [0, 0.1) is 11.8 Å². The second-order valence-corrected chi connectivity index (χ2v) is 12.0. The molecular formula is C34H41N3O2S. The van der Waals surface area contributed by atoms with Gasteiger partial charge in [-0.3, -0.25) is 9.59 Å². The lowest BCUT2D eigenvalue weighted by Gasteiger charge is -2.41. The molecule has 40 heavy (non-hydrogen) atoms. The molecule has 2 N–H and O–H groups in total. The summed E-state index contributed by atoms with van der Waals surface area (Å²) in [6, 6.07) is 26.6. The van der Waals surface area contributed by atoms with E-state index >= 15 is 0 Å². The Hall–Kier alpha value is -3.25. The Morgan fingerprint density at radius 2 is 1.65 bits per heavy atom. The van der Waals surface area contributed by atoms with E-state index in [2.05, 4.69) is 84.2 Å². The summed E-state index contributed by atoms with van der Waals surface area (Å²) in [5.74, 6) is 0.0491. The van der Waals surface area contributed by atoms with Crippen molar-refractivity contribution in [3.63, 3.8) is 0 Å². The molecule has 210 valence electrons. The lowest BCUT2D eigenvalue weighted by molar-refractivity contribution is -0.140. The number of thioether (sulfide) groups is 1. The van der Waals surface area contributed by atoms with Crippen LogP contribution in [0.3, 0.4) is 0 Å². The van der Waals surface area contributed by atoms with Crippen molar-refractivity contribution in [3.05, 3.63) is 95.6 Å². The number of hydrogen-bond donors (Lipinski definition) is 2. The highest BCUT2D eigenvalue weighted by Gasteiger charge is 2.41. The molecule has 0 radical (unpaired) electrons. The summed E-state index contributed by atoms with van der Waals surface area (Å²) in [7, 11) is 0. The van der Waals surface area contributed by atoms with Crippen LogP contribution in [-0.4, -0.2) is 41.6 Å². The molecule has 2 aliphatic rings. The Balaban J connectivity index is 1.43. The van der Waals surface area contributed by atoms with E-state index in [0.29, 0.717) is 12.1 Å². The molecule has 1 fully saturated rings. The fourth-order valence-electron chi connectivity index (χ4n) is 6.57. The lowest BCUT2D eigenvalue weighted by atomic mass is 9.81. The van der Waals surface area contributed by atoms with Crippen molar-refractivity contribution in [1.29, 1.82) is 0 Å². The summed E-state index contributed by atoms with van der Waals surface area (Å²) in [6.45, 7) is 5.02. The SMILES string of the molecule is CCN(C(=O)[C@H]1CCCC[C@H]1NC(=O)c1ccccc1)C1Cc2ccccc2NC(c2ccc(SC)cc2)C1C. The third kappa shape index (κ3) is 6.07. The number of hydrogen-bond acceptors (Lipinski definition) is 4. The van der Waals surface area contributed by atoms with Gasteiger partial charge in [0.05, 0.1) is 12.0 Å². The quantitative estimate of drug-likeness (QED) is 0.310. The Labute approximate surface area is 243 Å². The molecular weight excluding hydrogens is 514 g/mol. The highest BCUT2D eigenvalue weighted by atomic mass is 32.2. The number of nitrogens with one attached hydrogen (secondary N) is 2. The predicted molar refractivity (Wildman–Crippen MR) is 165 cm³/mol. The number of benzene rings is 3. The fraction of sp³-hybridized carbons (Fsp3) is 0.412. The lowest BCUT2D eigenvalue weighted by Crippen LogP contribution is -2.54. The molecule has 1 aliphatic carbocycles. The van der Waals surface area contributed by atoms with E-state index in [1.54, 1.807) is 11.8 Å². The van der Waals surface area contributed by atoms with Crippen LogP contribution in [0.4, 0.5) is 5.69 Å². The van der Waals surface area contributed by atoms with Gasteiger partial charge in [0.1, 0.15) is 0 Å². The van der Waals surface area contributed by atoms with Gasteiger partial charge in [-0.15, -0.1) is 11.8 Å². The minimum atomic E-state index is -0.209. The highest BCUT2D eigenvalue weighted by Crippen LogP contribution is 2.39. The molecule has 0 spiro atoms. The molecule has 2 amide bonds. The zero-order chi connectivity index (χ0) is 28.1. The Kier molecular flexibility index (Phi) is 9.15. The Morgan fingerprint density at radius 1 is 0.950 bits per heavy atom.